The Morgan fingerprint density at radius 2 is 2.00 bits per heavy atom. The van der Waals surface area contributed by atoms with Gasteiger partial charge in [0, 0.05) is 12.6 Å². The Hall–Kier alpha value is -1.12. The minimum absolute atomic E-state index is 0.0787. The van der Waals surface area contributed by atoms with E-state index in [1.165, 1.54) is 11.2 Å². The number of alkyl halides is 3. The van der Waals surface area contributed by atoms with Crippen molar-refractivity contribution in [2.45, 2.75) is 37.4 Å². The van der Waals surface area contributed by atoms with E-state index in [1.807, 2.05) is 0 Å². The predicted octanol–water partition coefficient (Wildman–Crippen LogP) is 2.37. The molecule has 1 aromatic carbocycles. The van der Waals surface area contributed by atoms with E-state index in [0.717, 1.165) is 18.2 Å². The molecule has 1 heterocycles. The third-order valence-electron chi connectivity index (χ3n) is 4.03. The summed E-state index contributed by atoms with van der Waals surface area (Å²) in [4.78, 5) is -0.0787. The second-order valence-corrected chi connectivity index (χ2v) is 7.60. The molecule has 1 saturated heterocycles. The van der Waals surface area contributed by atoms with Crippen molar-refractivity contribution in [3.63, 3.8) is 0 Å². The molecular weight excluding hydrogens is 317 g/mol. The fourth-order valence-corrected chi connectivity index (χ4v) is 4.78. The van der Waals surface area contributed by atoms with Crippen LogP contribution in [-0.2, 0) is 16.2 Å². The quantitative estimate of drug-likeness (QED) is 0.922. The third kappa shape index (κ3) is 3.13. The minimum atomic E-state index is -4.49. The number of hydrogen-bond acceptors (Lipinski definition) is 3. The first-order chi connectivity index (χ1) is 10.1. The van der Waals surface area contributed by atoms with Crippen LogP contribution in [0.3, 0.4) is 0 Å². The number of rotatable bonds is 3. The van der Waals surface area contributed by atoms with Crippen LogP contribution in [0.5, 0.6) is 0 Å². The molecular formula is C14H19F3N2O2S. The van der Waals surface area contributed by atoms with E-state index >= 15 is 0 Å². The predicted molar refractivity (Wildman–Crippen MR) is 76.7 cm³/mol. The minimum Gasteiger partial charge on any atom is -0.330 e. The summed E-state index contributed by atoms with van der Waals surface area (Å²) in [5, 5.41) is 0. The lowest BCUT2D eigenvalue weighted by atomic mass is 10.1. The Kier molecular flexibility index (Phi) is 4.56. The Morgan fingerprint density at radius 3 is 2.45 bits per heavy atom. The lowest BCUT2D eigenvalue weighted by Crippen LogP contribution is -2.35. The maximum absolute atomic E-state index is 12.7. The summed E-state index contributed by atoms with van der Waals surface area (Å²) >= 11 is 0. The molecule has 0 aromatic heterocycles. The highest BCUT2D eigenvalue weighted by molar-refractivity contribution is 7.89. The first-order valence-corrected chi connectivity index (χ1v) is 8.41. The third-order valence-corrected chi connectivity index (χ3v) is 6.17. The molecule has 1 aliphatic heterocycles. The molecule has 22 heavy (non-hydrogen) atoms. The largest absolute Gasteiger partial charge is 0.416 e. The molecule has 0 radical (unpaired) electrons. The Balaban J connectivity index is 2.39. The monoisotopic (exact) mass is 336 g/mol. The normalized spacial score (nSPS) is 23.9. The van der Waals surface area contributed by atoms with Gasteiger partial charge < -0.3 is 5.73 Å². The van der Waals surface area contributed by atoms with Crippen LogP contribution in [0.1, 0.15) is 24.5 Å². The number of sulfonamides is 1. The smallest absolute Gasteiger partial charge is 0.330 e. The van der Waals surface area contributed by atoms with Crippen molar-refractivity contribution in [1.82, 2.24) is 4.31 Å². The van der Waals surface area contributed by atoms with Crippen LogP contribution in [0.15, 0.2) is 23.1 Å². The first kappa shape index (κ1) is 17.2. The van der Waals surface area contributed by atoms with Crippen molar-refractivity contribution in [2.24, 2.45) is 11.7 Å². The van der Waals surface area contributed by atoms with Crippen molar-refractivity contribution in [1.29, 1.82) is 0 Å². The number of aryl methyl sites for hydroxylation is 1. The molecule has 1 aromatic rings. The van der Waals surface area contributed by atoms with E-state index in [9.17, 15) is 21.6 Å². The van der Waals surface area contributed by atoms with E-state index in [4.69, 9.17) is 5.73 Å². The molecule has 124 valence electrons. The zero-order valence-corrected chi connectivity index (χ0v) is 13.2. The van der Waals surface area contributed by atoms with Gasteiger partial charge in [0.2, 0.25) is 10.0 Å². The summed E-state index contributed by atoms with van der Waals surface area (Å²) in [5.41, 5.74) is 4.84. The van der Waals surface area contributed by atoms with Gasteiger partial charge in [-0.05, 0) is 56.5 Å². The Labute approximate surface area is 128 Å². The highest BCUT2D eigenvalue weighted by atomic mass is 32.2. The van der Waals surface area contributed by atoms with E-state index in [1.54, 1.807) is 6.92 Å². The van der Waals surface area contributed by atoms with Crippen molar-refractivity contribution >= 4 is 10.0 Å². The molecule has 1 fully saturated rings. The summed E-state index contributed by atoms with van der Waals surface area (Å²) in [6, 6.07) is 2.51. The molecule has 0 aliphatic carbocycles. The van der Waals surface area contributed by atoms with Gasteiger partial charge >= 0.3 is 6.18 Å². The summed E-state index contributed by atoms with van der Waals surface area (Å²) < 4.78 is 64.8. The van der Waals surface area contributed by atoms with Crippen LogP contribution < -0.4 is 5.73 Å². The molecule has 2 rings (SSSR count). The van der Waals surface area contributed by atoms with Crippen molar-refractivity contribution in [2.75, 3.05) is 13.1 Å². The van der Waals surface area contributed by atoms with E-state index < -0.39 is 21.8 Å². The maximum Gasteiger partial charge on any atom is 0.416 e. The zero-order chi connectivity index (χ0) is 16.7. The molecule has 2 atom stereocenters. The molecule has 2 unspecified atom stereocenters. The number of halogens is 3. The van der Waals surface area contributed by atoms with Crippen molar-refractivity contribution < 1.29 is 21.6 Å². The Bertz CT molecular complexity index is 659. The van der Waals surface area contributed by atoms with Crippen LogP contribution >= 0.6 is 0 Å². The van der Waals surface area contributed by atoms with Crippen LogP contribution in [0, 0.1) is 12.8 Å². The van der Waals surface area contributed by atoms with Gasteiger partial charge in [0.05, 0.1) is 10.5 Å². The lowest BCUT2D eigenvalue weighted by molar-refractivity contribution is -0.137. The number of benzene rings is 1. The maximum atomic E-state index is 12.7. The molecule has 0 bridgehead atoms. The Morgan fingerprint density at radius 1 is 1.36 bits per heavy atom. The topological polar surface area (TPSA) is 63.4 Å². The molecule has 8 heteroatoms. The first-order valence-electron chi connectivity index (χ1n) is 6.97. The van der Waals surface area contributed by atoms with Crippen molar-refractivity contribution in [3.05, 3.63) is 29.3 Å². The van der Waals surface area contributed by atoms with Gasteiger partial charge in [0.25, 0.3) is 0 Å². The standard InChI is InChI=1S/C14H19F3N2O2S/c1-9-5-12(14(15,16)17)3-4-13(9)22(20,21)19-8-11(7-18)6-10(19)2/h3-5,10-11H,6-8,18H2,1-2H3. The molecule has 0 amide bonds. The van der Waals surface area contributed by atoms with Crippen LogP contribution in [0.2, 0.25) is 0 Å². The van der Waals surface area contributed by atoms with Gasteiger partial charge in [0.15, 0.2) is 0 Å². The highest BCUT2D eigenvalue weighted by Gasteiger charge is 2.38. The zero-order valence-electron chi connectivity index (χ0n) is 12.4. The lowest BCUT2D eigenvalue weighted by Gasteiger charge is -2.22. The summed E-state index contributed by atoms with van der Waals surface area (Å²) in [6.07, 6.45) is -3.83. The summed E-state index contributed by atoms with van der Waals surface area (Å²) in [7, 11) is -3.81. The van der Waals surface area contributed by atoms with E-state index in [2.05, 4.69) is 0 Å². The molecule has 2 N–H and O–H groups in total. The van der Waals surface area contributed by atoms with Gasteiger partial charge in [-0.3, -0.25) is 0 Å². The van der Waals surface area contributed by atoms with Gasteiger partial charge in [-0.2, -0.15) is 17.5 Å². The van der Waals surface area contributed by atoms with Crippen molar-refractivity contribution in [3.8, 4) is 0 Å². The van der Waals surface area contributed by atoms with E-state index in [0.29, 0.717) is 19.5 Å². The molecule has 1 aliphatic rings. The number of hydrogen-bond donors (Lipinski definition) is 1. The SMILES string of the molecule is Cc1cc(C(F)(F)F)ccc1S(=O)(=O)N1CC(CN)CC1C. The summed E-state index contributed by atoms with van der Waals surface area (Å²) in [5.74, 6) is 0.0829. The van der Waals surface area contributed by atoms with Crippen LogP contribution in [-0.4, -0.2) is 31.9 Å². The van der Waals surface area contributed by atoms with E-state index in [-0.39, 0.29) is 22.4 Å². The average Bonchev–Trinajstić information content (AvgIpc) is 2.79. The van der Waals surface area contributed by atoms with Gasteiger partial charge in [0.1, 0.15) is 0 Å². The number of nitrogens with zero attached hydrogens (tertiary/aromatic N) is 1. The van der Waals surface area contributed by atoms with Gasteiger partial charge in [-0.25, -0.2) is 8.42 Å². The average molecular weight is 336 g/mol. The second-order valence-electron chi connectivity index (χ2n) is 5.74. The van der Waals surface area contributed by atoms with Gasteiger partial charge in [-0.15, -0.1) is 0 Å². The highest BCUT2D eigenvalue weighted by Crippen LogP contribution is 2.34. The fraction of sp³-hybridized carbons (Fsp3) is 0.571. The fourth-order valence-electron chi connectivity index (χ4n) is 2.86. The van der Waals surface area contributed by atoms with Crippen LogP contribution in [0.25, 0.3) is 0 Å². The molecule has 4 nitrogen and oxygen atoms in total. The van der Waals surface area contributed by atoms with Gasteiger partial charge in [-0.1, -0.05) is 0 Å². The number of nitrogens with two attached hydrogens (primary N) is 1. The molecule has 0 saturated carbocycles. The van der Waals surface area contributed by atoms with Crippen LogP contribution in [0.4, 0.5) is 13.2 Å². The summed E-state index contributed by atoms with van der Waals surface area (Å²) in [6.45, 7) is 3.86. The second kappa shape index (κ2) is 5.82. The molecule has 0 spiro atoms.